The summed E-state index contributed by atoms with van der Waals surface area (Å²) in [6.07, 6.45) is 2.55. The Morgan fingerprint density at radius 1 is 1.06 bits per heavy atom. The smallest absolute Gasteiger partial charge is 0.126 e. The fourth-order valence-electron chi connectivity index (χ4n) is 1.60. The zero-order chi connectivity index (χ0) is 11.4. The van der Waals surface area contributed by atoms with Crippen molar-refractivity contribution in [1.82, 2.24) is 10.6 Å². The lowest BCUT2D eigenvalue weighted by atomic mass is 10.2. The summed E-state index contributed by atoms with van der Waals surface area (Å²) in [6, 6.07) is 4.29. The third-order valence-electron chi connectivity index (χ3n) is 2.56. The van der Waals surface area contributed by atoms with Crippen LogP contribution in [0.1, 0.15) is 18.4 Å². The van der Waals surface area contributed by atoms with E-state index in [9.17, 15) is 8.78 Å². The van der Waals surface area contributed by atoms with Crippen molar-refractivity contribution in [3.8, 4) is 0 Å². The van der Waals surface area contributed by atoms with Crippen LogP contribution in [0.3, 0.4) is 0 Å². The van der Waals surface area contributed by atoms with Crippen LogP contribution in [0.25, 0.3) is 0 Å². The first kappa shape index (κ1) is 11.5. The van der Waals surface area contributed by atoms with Gasteiger partial charge in [-0.3, -0.25) is 0 Å². The Balaban J connectivity index is 1.67. The topological polar surface area (TPSA) is 24.1 Å². The van der Waals surface area contributed by atoms with E-state index in [1.807, 2.05) is 0 Å². The third-order valence-corrected chi connectivity index (χ3v) is 2.56. The highest BCUT2D eigenvalue weighted by atomic mass is 19.1. The predicted molar refractivity (Wildman–Crippen MR) is 59.1 cm³/mol. The van der Waals surface area contributed by atoms with E-state index < -0.39 is 11.6 Å². The van der Waals surface area contributed by atoms with Crippen LogP contribution in [0.4, 0.5) is 8.78 Å². The second-order valence-corrected chi connectivity index (χ2v) is 4.18. The van der Waals surface area contributed by atoms with Gasteiger partial charge in [0.2, 0.25) is 0 Å². The normalized spacial score (nSPS) is 15.4. The highest BCUT2D eigenvalue weighted by Gasteiger charge is 2.19. The van der Waals surface area contributed by atoms with Gasteiger partial charge in [-0.2, -0.15) is 0 Å². The van der Waals surface area contributed by atoms with Crippen molar-refractivity contribution in [2.24, 2.45) is 0 Å². The number of hydrogen-bond donors (Lipinski definition) is 2. The van der Waals surface area contributed by atoms with Crippen molar-refractivity contribution in [2.75, 3.05) is 13.1 Å². The van der Waals surface area contributed by atoms with Crippen molar-refractivity contribution in [2.45, 2.75) is 25.4 Å². The highest BCUT2D eigenvalue weighted by molar-refractivity contribution is 5.17. The minimum absolute atomic E-state index is 0.501. The molecule has 0 radical (unpaired) electrons. The van der Waals surface area contributed by atoms with Gasteiger partial charge in [-0.1, -0.05) is 0 Å². The lowest BCUT2D eigenvalue weighted by molar-refractivity contribution is 0.571. The highest BCUT2D eigenvalue weighted by Crippen LogP contribution is 2.17. The Hall–Kier alpha value is -1.00. The first-order chi connectivity index (χ1) is 7.74. The molecule has 0 saturated heterocycles. The van der Waals surface area contributed by atoms with E-state index in [0.717, 1.165) is 19.2 Å². The maximum Gasteiger partial charge on any atom is 0.126 e. The van der Waals surface area contributed by atoms with Gasteiger partial charge in [0.15, 0.2) is 0 Å². The summed E-state index contributed by atoms with van der Waals surface area (Å²) in [5.41, 5.74) is 0.643. The fraction of sp³-hybridized carbons (Fsp3) is 0.500. The van der Waals surface area contributed by atoms with Crippen LogP contribution in [0.5, 0.6) is 0 Å². The van der Waals surface area contributed by atoms with Gasteiger partial charge in [-0.15, -0.1) is 0 Å². The van der Waals surface area contributed by atoms with Gasteiger partial charge in [0.05, 0.1) is 0 Å². The van der Waals surface area contributed by atoms with Crippen LogP contribution >= 0.6 is 0 Å². The van der Waals surface area contributed by atoms with Crippen molar-refractivity contribution in [3.05, 3.63) is 35.4 Å². The van der Waals surface area contributed by atoms with E-state index in [2.05, 4.69) is 10.6 Å². The molecular weight excluding hydrogens is 210 g/mol. The summed E-state index contributed by atoms with van der Waals surface area (Å²) in [5.74, 6) is -1.04. The Bertz CT molecular complexity index is 331. The van der Waals surface area contributed by atoms with E-state index in [-0.39, 0.29) is 0 Å². The summed E-state index contributed by atoms with van der Waals surface area (Å²) in [4.78, 5) is 0. The van der Waals surface area contributed by atoms with Gasteiger partial charge >= 0.3 is 0 Å². The number of rotatable bonds is 6. The first-order valence-electron chi connectivity index (χ1n) is 5.63. The van der Waals surface area contributed by atoms with Crippen LogP contribution in [0.2, 0.25) is 0 Å². The summed E-state index contributed by atoms with van der Waals surface area (Å²) in [7, 11) is 0. The second-order valence-electron chi connectivity index (χ2n) is 4.18. The zero-order valence-electron chi connectivity index (χ0n) is 9.10. The minimum Gasteiger partial charge on any atom is -0.313 e. The first-order valence-corrected chi connectivity index (χ1v) is 5.63. The number of benzene rings is 1. The summed E-state index contributed by atoms with van der Waals surface area (Å²) in [6.45, 7) is 2.22. The lowest BCUT2D eigenvalue weighted by Crippen LogP contribution is -2.28. The monoisotopic (exact) mass is 226 g/mol. The van der Waals surface area contributed by atoms with Gasteiger partial charge < -0.3 is 10.6 Å². The molecule has 1 aromatic carbocycles. The molecule has 4 heteroatoms. The molecule has 0 heterocycles. The van der Waals surface area contributed by atoms with E-state index in [1.54, 1.807) is 0 Å². The minimum atomic E-state index is -0.520. The van der Waals surface area contributed by atoms with Crippen LogP contribution in [0, 0.1) is 11.6 Å². The van der Waals surface area contributed by atoms with Crippen molar-refractivity contribution in [3.63, 3.8) is 0 Å². The summed E-state index contributed by atoms with van der Waals surface area (Å²) >= 11 is 0. The maximum absolute atomic E-state index is 12.8. The Kier molecular flexibility index (Phi) is 3.85. The number of nitrogens with one attached hydrogen (secondary N) is 2. The van der Waals surface area contributed by atoms with Gasteiger partial charge in [0.25, 0.3) is 0 Å². The molecule has 2 nitrogen and oxygen atoms in total. The van der Waals surface area contributed by atoms with Crippen molar-refractivity contribution >= 4 is 0 Å². The van der Waals surface area contributed by atoms with Crippen LogP contribution in [0.15, 0.2) is 18.2 Å². The number of hydrogen-bond acceptors (Lipinski definition) is 2. The maximum atomic E-state index is 12.8. The average Bonchev–Trinajstić information content (AvgIpc) is 2.99. The molecule has 0 unspecified atom stereocenters. The average molecular weight is 226 g/mol. The quantitative estimate of drug-likeness (QED) is 0.723. The van der Waals surface area contributed by atoms with Gasteiger partial charge in [0, 0.05) is 31.7 Å². The zero-order valence-corrected chi connectivity index (χ0v) is 9.10. The molecule has 1 aliphatic rings. The van der Waals surface area contributed by atoms with Gasteiger partial charge in [-0.05, 0) is 30.5 Å². The largest absolute Gasteiger partial charge is 0.313 e. The number of halogens is 2. The summed E-state index contributed by atoms with van der Waals surface area (Å²) < 4.78 is 25.7. The molecule has 0 aliphatic heterocycles. The van der Waals surface area contributed by atoms with E-state index >= 15 is 0 Å². The molecule has 1 saturated carbocycles. The molecule has 1 aromatic rings. The molecule has 2 rings (SSSR count). The second kappa shape index (κ2) is 5.37. The molecule has 0 bridgehead atoms. The Morgan fingerprint density at radius 3 is 2.38 bits per heavy atom. The Morgan fingerprint density at radius 2 is 1.75 bits per heavy atom. The molecule has 0 atom stereocenters. The third kappa shape index (κ3) is 3.87. The predicted octanol–water partition coefficient (Wildman–Crippen LogP) is 1.81. The lowest BCUT2D eigenvalue weighted by Gasteiger charge is -2.06. The standard InChI is InChI=1S/C12H16F2N2/c13-10-5-9(6-11(14)7-10)8-15-3-4-16-12-1-2-12/h5-7,12,15-16H,1-4,8H2. The molecule has 88 valence electrons. The molecule has 2 N–H and O–H groups in total. The van der Waals surface area contributed by atoms with Crippen LogP contribution in [-0.2, 0) is 6.54 Å². The van der Waals surface area contributed by atoms with E-state index in [4.69, 9.17) is 0 Å². The van der Waals surface area contributed by atoms with Crippen molar-refractivity contribution < 1.29 is 8.78 Å². The SMILES string of the molecule is Fc1cc(F)cc(CNCCNC2CC2)c1. The van der Waals surface area contributed by atoms with Crippen molar-refractivity contribution in [1.29, 1.82) is 0 Å². The molecule has 1 fully saturated rings. The van der Waals surface area contributed by atoms with Crippen LogP contribution < -0.4 is 10.6 Å². The fourth-order valence-corrected chi connectivity index (χ4v) is 1.60. The molecular formula is C12H16F2N2. The molecule has 0 spiro atoms. The van der Waals surface area contributed by atoms with E-state index in [1.165, 1.54) is 25.0 Å². The van der Waals surface area contributed by atoms with Gasteiger partial charge in [0.1, 0.15) is 11.6 Å². The summed E-state index contributed by atoms with van der Waals surface area (Å²) in [5, 5.41) is 6.50. The molecule has 0 aromatic heterocycles. The molecule has 16 heavy (non-hydrogen) atoms. The molecule has 0 amide bonds. The Labute approximate surface area is 94.0 Å². The molecule has 1 aliphatic carbocycles. The van der Waals surface area contributed by atoms with Crippen LogP contribution in [-0.4, -0.2) is 19.1 Å². The van der Waals surface area contributed by atoms with Gasteiger partial charge in [-0.25, -0.2) is 8.78 Å². The van der Waals surface area contributed by atoms with E-state index in [0.29, 0.717) is 18.2 Å².